The number of thioether (sulfide) groups is 1. The van der Waals surface area contributed by atoms with Crippen molar-refractivity contribution < 1.29 is 24.2 Å². The van der Waals surface area contributed by atoms with Crippen molar-refractivity contribution in [2.45, 2.75) is 44.2 Å². The van der Waals surface area contributed by atoms with Crippen LogP contribution in [0.3, 0.4) is 0 Å². The van der Waals surface area contributed by atoms with Crippen molar-refractivity contribution >= 4 is 29.7 Å². The number of alkyl carbamates (subject to hydrolysis) is 1. The Morgan fingerprint density at radius 3 is 2.32 bits per heavy atom. The Morgan fingerprint density at radius 1 is 1.12 bits per heavy atom. The lowest BCUT2D eigenvalue weighted by molar-refractivity contribution is -0.152. The number of aliphatic carboxylic acids is 1. The van der Waals surface area contributed by atoms with E-state index in [1.807, 2.05) is 43.3 Å². The van der Waals surface area contributed by atoms with E-state index < -0.39 is 23.6 Å². The number of hydrogen-bond acceptors (Lipinski definition) is 5. The first-order valence-corrected chi connectivity index (χ1v) is 12.8. The number of carbonyl (C=O) groups is 3. The maximum absolute atomic E-state index is 13.4. The Kier molecular flexibility index (Phi) is 7.16. The van der Waals surface area contributed by atoms with Crippen LogP contribution in [-0.4, -0.2) is 64.2 Å². The van der Waals surface area contributed by atoms with Gasteiger partial charge in [0.25, 0.3) is 0 Å². The van der Waals surface area contributed by atoms with Gasteiger partial charge < -0.3 is 20.1 Å². The number of fused-ring (bicyclic) bond motifs is 3. The summed E-state index contributed by atoms with van der Waals surface area (Å²) < 4.78 is 5.65. The standard InChI is InChI=1S/C26H30N2O5S/c1-3-12-26(2,24(31)28-13-14-34-16-22(28)23(29)30)27-25(32)33-15-21-19-10-6-4-8-17(19)18-9-5-7-11-20(18)21/h4-11,21-22H,3,12-16H2,1-2H3,(H,27,32)(H,29,30). The summed E-state index contributed by atoms with van der Waals surface area (Å²) in [6.45, 7) is 4.06. The Bertz CT molecular complexity index is 1040. The Morgan fingerprint density at radius 2 is 1.74 bits per heavy atom. The maximum atomic E-state index is 13.4. The fourth-order valence-corrected chi connectivity index (χ4v) is 5.99. The Labute approximate surface area is 203 Å². The molecule has 0 bridgehead atoms. The molecule has 0 radical (unpaired) electrons. The SMILES string of the molecule is CCCC(C)(NC(=O)OCC1c2ccccc2-c2ccccc21)C(=O)N1CCSCC1C(=O)O. The minimum atomic E-state index is -1.24. The summed E-state index contributed by atoms with van der Waals surface area (Å²) in [6.07, 6.45) is 0.350. The number of ether oxygens (including phenoxy) is 1. The normalized spacial score (nSPS) is 19.0. The van der Waals surface area contributed by atoms with E-state index in [9.17, 15) is 19.5 Å². The van der Waals surface area contributed by atoms with Crippen LogP contribution < -0.4 is 5.32 Å². The molecule has 2 aromatic carbocycles. The van der Waals surface area contributed by atoms with Crippen LogP contribution in [-0.2, 0) is 14.3 Å². The van der Waals surface area contributed by atoms with Crippen molar-refractivity contribution in [2.24, 2.45) is 0 Å². The number of amides is 2. The van der Waals surface area contributed by atoms with Crippen molar-refractivity contribution in [2.75, 3.05) is 24.7 Å². The van der Waals surface area contributed by atoms with E-state index in [1.54, 1.807) is 6.92 Å². The summed E-state index contributed by atoms with van der Waals surface area (Å²) in [4.78, 5) is 39.4. The molecule has 7 nitrogen and oxygen atoms in total. The zero-order valence-corrected chi connectivity index (χ0v) is 20.3. The number of carboxylic acids is 1. The summed E-state index contributed by atoms with van der Waals surface area (Å²) in [5, 5.41) is 12.4. The summed E-state index contributed by atoms with van der Waals surface area (Å²) in [5.74, 6) is -0.477. The third-order valence-corrected chi connectivity index (χ3v) is 7.64. The maximum Gasteiger partial charge on any atom is 0.408 e. The number of benzene rings is 2. The highest BCUT2D eigenvalue weighted by atomic mass is 32.2. The van der Waals surface area contributed by atoms with Gasteiger partial charge in [-0.05, 0) is 35.6 Å². The van der Waals surface area contributed by atoms with Crippen molar-refractivity contribution in [3.8, 4) is 11.1 Å². The van der Waals surface area contributed by atoms with Gasteiger partial charge in [-0.25, -0.2) is 9.59 Å². The third-order valence-electron chi connectivity index (χ3n) is 6.62. The highest BCUT2D eigenvalue weighted by molar-refractivity contribution is 7.99. The monoisotopic (exact) mass is 482 g/mol. The molecular weight excluding hydrogens is 452 g/mol. The van der Waals surface area contributed by atoms with Crippen LogP contribution in [0.2, 0.25) is 0 Å². The average molecular weight is 483 g/mol. The summed E-state index contributed by atoms with van der Waals surface area (Å²) >= 11 is 1.51. The van der Waals surface area contributed by atoms with Crippen molar-refractivity contribution in [3.63, 3.8) is 0 Å². The van der Waals surface area contributed by atoms with Crippen LogP contribution in [0.4, 0.5) is 4.79 Å². The molecule has 34 heavy (non-hydrogen) atoms. The zero-order valence-electron chi connectivity index (χ0n) is 19.5. The molecule has 4 rings (SSSR count). The first kappa shape index (κ1) is 24.1. The minimum Gasteiger partial charge on any atom is -0.480 e. The topological polar surface area (TPSA) is 95.9 Å². The molecule has 2 amide bonds. The number of hydrogen-bond donors (Lipinski definition) is 2. The molecule has 2 N–H and O–H groups in total. The molecule has 1 aliphatic carbocycles. The summed E-state index contributed by atoms with van der Waals surface area (Å²) in [6, 6.07) is 15.3. The summed E-state index contributed by atoms with van der Waals surface area (Å²) in [7, 11) is 0. The predicted molar refractivity (Wildman–Crippen MR) is 132 cm³/mol. The molecule has 2 aromatic rings. The van der Waals surface area contributed by atoms with Crippen molar-refractivity contribution in [3.05, 3.63) is 59.7 Å². The molecule has 180 valence electrons. The van der Waals surface area contributed by atoms with Gasteiger partial charge in [-0.2, -0.15) is 11.8 Å². The molecule has 1 saturated heterocycles. The Hall–Kier alpha value is -3.00. The van der Waals surface area contributed by atoms with Gasteiger partial charge in [0.2, 0.25) is 5.91 Å². The van der Waals surface area contributed by atoms with Crippen molar-refractivity contribution in [1.29, 1.82) is 0 Å². The van der Waals surface area contributed by atoms with E-state index >= 15 is 0 Å². The van der Waals surface area contributed by atoms with E-state index in [1.165, 1.54) is 16.7 Å². The van der Waals surface area contributed by atoms with Gasteiger partial charge in [0.1, 0.15) is 18.2 Å². The van der Waals surface area contributed by atoms with Crippen LogP contribution in [0.1, 0.15) is 43.7 Å². The molecule has 2 atom stereocenters. The number of carboxylic acid groups (broad SMARTS) is 1. The van der Waals surface area contributed by atoms with Gasteiger partial charge in [-0.1, -0.05) is 61.9 Å². The highest BCUT2D eigenvalue weighted by Gasteiger charge is 2.43. The highest BCUT2D eigenvalue weighted by Crippen LogP contribution is 2.44. The quantitative estimate of drug-likeness (QED) is 0.617. The lowest BCUT2D eigenvalue weighted by atomic mass is 9.93. The van der Waals surface area contributed by atoms with Crippen LogP contribution in [0.25, 0.3) is 11.1 Å². The van der Waals surface area contributed by atoms with E-state index in [0.717, 1.165) is 22.3 Å². The van der Waals surface area contributed by atoms with E-state index in [4.69, 9.17) is 4.74 Å². The van der Waals surface area contributed by atoms with Crippen LogP contribution >= 0.6 is 11.8 Å². The van der Waals surface area contributed by atoms with Gasteiger partial charge >= 0.3 is 12.1 Å². The molecule has 0 aromatic heterocycles. The molecular formula is C26H30N2O5S. The van der Waals surface area contributed by atoms with Gasteiger partial charge in [0.05, 0.1) is 0 Å². The first-order valence-electron chi connectivity index (χ1n) is 11.6. The lowest BCUT2D eigenvalue weighted by Crippen LogP contribution is -2.62. The van der Waals surface area contributed by atoms with Gasteiger partial charge in [-0.3, -0.25) is 4.79 Å². The van der Waals surface area contributed by atoms with E-state index in [2.05, 4.69) is 17.4 Å². The van der Waals surface area contributed by atoms with E-state index in [0.29, 0.717) is 30.9 Å². The van der Waals surface area contributed by atoms with Crippen LogP contribution in [0, 0.1) is 0 Å². The molecule has 0 spiro atoms. The van der Waals surface area contributed by atoms with Crippen molar-refractivity contribution in [1.82, 2.24) is 10.2 Å². The number of nitrogens with one attached hydrogen (secondary N) is 1. The smallest absolute Gasteiger partial charge is 0.408 e. The fraction of sp³-hybridized carbons (Fsp3) is 0.423. The van der Waals surface area contributed by atoms with Crippen LogP contribution in [0.15, 0.2) is 48.5 Å². The number of rotatable bonds is 7. The van der Waals surface area contributed by atoms with E-state index in [-0.39, 0.29) is 18.4 Å². The molecule has 8 heteroatoms. The second kappa shape index (κ2) is 10.1. The molecule has 1 fully saturated rings. The Balaban J connectivity index is 1.47. The largest absolute Gasteiger partial charge is 0.480 e. The van der Waals surface area contributed by atoms with Gasteiger partial charge in [-0.15, -0.1) is 0 Å². The summed E-state index contributed by atoms with van der Waals surface area (Å²) in [5.41, 5.74) is 3.26. The fourth-order valence-electron chi connectivity index (χ4n) is 4.95. The number of carbonyl (C=O) groups excluding carboxylic acids is 2. The zero-order chi connectivity index (χ0) is 24.3. The first-order chi connectivity index (χ1) is 16.4. The third kappa shape index (κ3) is 4.64. The predicted octanol–water partition coefficient (Wildman–Crippen LogP) is 4.11. The molecule has 2 unspecified atom stereocenters. The molecule has 1 aliphatic heterocycles. The second-order valence-electron chi connectivity index (χ2n) is 8.96. The molecule has 1 heterocycles. The molecule has 2 aliphatic rings. The van der Waals surface area contributed by atoms with Crippen LogP contribution in [0.5, 0.6) is 0 Å². The minimum absolute atomic E-state index is 0.0817. The lowest BCUT2D eigenvalue weighted by Gasteiger charge is -2.39. The molecule has 0 saturated carbocycles. The van der Waals surface area contributed by atoms with Gasteiger partial charge in [0.15, 0.2) is 0 Å². The second-order valence-corrected chi connectivity index (χ2v) is 10.1. The number of nitrogens with zero attached hydrogens (tertiary/aromatic N) is 1. The average Bonchev–Trinajstić information content (AvgIpc) is 3.16. The van der Waals surface area contributed by atoms with Gasteiger partial charge in [0, 0.05) is 24.0 Å².